The number of amides is 1. The molecule has 0 radical (unpaired) electrons. The van der Waals surface area contributed by atoms with Gasteiger partial charge >= 0.3 is 0 Å². The summed E-state index contributed by atoms with van der Waals surface area (Å²) < 4.78 is 7.17. The smallest absolute Gasteiger partial charge is 0.273 e. The Balaban J connectivity index is 1.35. The van der Waals surface area contributed by atoms with E-state index in [-0.39, 0.29) is 11.9 Å². The molecular weight excluding hydrogens is 306 g/mol. The van der Waals surface area contributed by atoms with Gasteiger partial charge in [-0.1, -0.05) is 12.1 Å². The molecule has 2 aromatic rings. The molecule has 1 saturated carbocycles. The van der Waals surface area contributed by atoms with Crippen molar-refractivity contribution in [2.45, 2.75) is 38.3 Å². The summed E-state index contributed by atoms with van der Waals surface area (Å²) in [6, 6.07) is 3.96. The first kappa shape index (κ1) is 15.4. The fraction of sp³-hybridized carbons (Fsp3) is 0.588. The molecule has 1 saturated heterocycles. The maximum absolute atomic E-state index is 12.4. The minimum absolute atomic E-state index is 0.131. The molecule has 7 nitrogen and oxygen atoms in total. The Morgan fingerprint density at radius 3 is 2.96 bits per heavy atom. The summed E-state index contributed by atoms with van der Waals surface area (Å²) in [6.45, 7) is 4.82. The molecule has 2 fully saturated rings. The zero-order valence-electron chi connectivity index (χ0n) is 14.1. The van der Waals surface area contributed by atoms with E-state index in [1.54, 1.807) is 6.07 Å². The molecule has 24 heavy (non-hydrogen) atoms. The summed E-state index contributed by atoms with van der Waals surface area (Å²) in [5, 5.41) is 11.2. The Morgan fingerprint density at radius 2 is 2.25 bits per heavy atom. The third kappa shape index (κ3) is 3.08. The summed E-state index contributed by atoms with van der Waals surface area (Å²) >= 11 is 0. The van der Waals surface area contributed by atoms with E-state index in [0.29, 0.717) is 17.5 Å². The van der Waals surface area contributed by atoms with Crippen molar-refractivity contribution in [1.29, 1.82) is 0 Å². The van der Waals surface area contributed by atoms with Crippen LogP contribution in [0.25, 0.3) is 0 Å². The van der Waals surface area contributed by atoms with Crippen LogP contribution in [0.1, 0.15) is 47.6 Å². The van der Waals surface area contributed by atoms with Crippen molar-refractivity contribution in [3.63, 3.8) is 0 Å². The quantitative estimate of drug-likeness (QED) is 0.900. The van der Waals surface area contributed by atoms with Crippen LogP contribution in [0.3, 0.4) is 0 Å². The predicted molar refractivity (Wildman–Crippen MR) is 87.4 cm³/mol. The van der Waals surface area contributed by atoms with E-state index >= 15 is 0 Å². The summed E-state index contributed by atoms with van der Waals surface area (Å²) in [5.41, 5.74) is 1.58. The van der Waals surface area contributed by atoms with Crippen LogP contribution in [-0.4, -0.2) is 44.9 Å². The molecular formula is C17H23N5O2. The van der Waals surface area contributed by atoms with E-state index in [0.717, 1.165) is 38.2 Å². The first-order valence-electron chi connectivity index (χ1n) is 8.57. The van der Waals surface area contributed by atoms with Crippen molar-refractivity contribution in [2.75, 3.05) is 13.1 Å². The largest absolute Gasteiger partial charge is 0.360 e. The van der Waals surface area contributed by atoms with Crippen LogP contribution in [0.5, 0.6) is 0 Å². The molecule has 128 valence electrons. The van der Waals surface area contributed by atoms with Gasteiger partial charge in [-0.25, -0.2) is 0 Å². The minimum atomic E-state index is -0.134. The van der Waals surface area contributed by atoms with Crippen LogP contribution < -0.4 is 5.32 Å². The first-order chi connectivity index (χ1) is 11.6. The van der Waals surface area contributed by atoms with Crippen molar-refractivity contribution in [2.24, 2.45) is 13.0 Å². The lowest BCUT2D eigenvalue weighted by atomic mass is 10.1. The van der Waals surface area contributed by atoms with Crippen molar-refractivity contribution in [1.82, 2.24) is 25.2 Å². The topological polar surface area (TPSA) is 76.2 Å². The van der Waals surface area contributed by atoms with E-state index < -0.39 is 0 Å². The van der Waals surface area contributed by atoms with Crippen molar-refractivity contribution < 1.29 is 9.32 Å². The highest BCUT2D eigenvalue weighted by atomic mass is 16.5. The fourth-order valence-electron chi connectivity index (χ4n) is 3.37. The number of hydrogen-bond donors (Lipinski definition) is 1. The maximum atomic E-state index is 12.4. The zero-order chi connectivity index (χ0) is 16.7. The number of nitrogens with one attached hydrogen (secondary N) is 1. The van der Waals surface area contributed by atoms with Crippen LogP contribution in [0, 0.1) is 5.92 Å². The van der Waals surface area contributed by atoms with Crippen molar-refractivity contribution in [3.8, 4) is 0 Å². The number of rotatable bonds is 5. The van der Waals surface area contributed by atoms with Crippen LogP contribution in [0.4, 0.5) is 0 Å². The number of hydrogen-bond acceptors (Lipinski definition) is 5. The Labute approximate surface area is 141 Å². The van der Waals surface area contributed by atoms with Crippen molar-refractivity contribution >= 4 is 5.91 Å². The normalized spacial score (nSPS) is 24.4. The molecule has 2 atom stereocenters. The van der Waals surface area contributed by atoms with Crippen LogP contribution in [0.15, 0.2) is 22.9 Å². The average Bonchev–Trinajstić information content (AvgIpc) is 2.98. The Bertz CT molecular complexity index is 733. The van der Waals surface area contributed by atoms with Gasteiger partial charge in [0.1, 0.15) is 5.76 Å². The van der Waals surface area contributed by atoms with Crippen LogP contribution >= 0.6 is 0 Å². The van der Waals surface area contributed by atoms with Gasteiger partial charge in [-0.3, -0.25) is 14.4 Å². The number of carbonyl (C=O) groups excluding carboxylic acids is 1. The number of likely N-dealkylation sites (tertiary alicyclic amines) is 1. The second-order valence-electron chi connectivity index (χ2n) is 7.09. The molecule has 2 aromatic heterocycles. The second kappa shape index (κ2) is 6.05. The summed E-state index contributed by atoms with van der Waals surface area (Å²) in [5.74, 6) is 1.58. The van der Waals surface area contributed by atoms with Crippen LogP contribution in [0.2, 0.25) is 0 Å². The van der Waals surface area contributed by atoms with Gasteiger partial charge in [-0.15, -0.1) is 0 Å². The number of aromatic nitrogens is 3. The SMILES string of the molecule is C[C@@H]1CN(Cc2ccnn2C)C[C@@H]1NC(=O)c1cc(C2CC2)on1. The van der Waals surface area contributed by atoms with Crippen molar-refractivity contribution in [3.05, 3.63) is 35.5 Å². The van der Waals surface area contributed by atoms with E-state index in [9.17, 15) is 4.79 Å². The molecule has 0 bridgehead atoms. The van der Waals surface area contributed by atoms with Gasteiger partial charge in [0.25, 0.3) is 5.91 Å². The molecule has 1 N–H and O–H groups in total. The zero-order valence-corrected chi connectivity index (χ0v) is 14.1. The van der Waals surface area contributed by atoms with E-state index in [4.69, 9.17) is 4.52 Å². The monoisotopic (exact) mass is 329 g/mol. The molecule has 3 heterocycles. The highest BCUT2D eigenvalue weighted by molar-refractivity contribution is 5.92. The van der Waals surface area contributed by atoms with E-state index in [1.807, 2.05) is 24.0 Å². The molecule has 1 amide bonds. The predicted octanol–water partition coefficient (Wildman–Crippen LogP) is 1.54. The van der Waals surface area contributed by atoms with E-state index in [1.165, 1.54) is 5.69 Å². The fourth-order valence-corrected chi connectivity index (χ4v) is 3.37. The number of carbonyl (C=O) groups is 1. The van der Waals surface area contributed by atoms with Crippen LogP contribution in [-0.2, 0) is 13.6 Å². The van der Waals surface area contributed by atoms with E-state index in [2.05, 4.69) is 27.4 Å². The Morgan fingerprint density at radius 1 is 1.42 bits per heavy atom. The van der Waals surface area contributed by atoms with Gasteiger partial charge in [-0.05, 0) is 24.8 Å². The highest BCUT2D eigenvalue weighted by Gasteiger charge is 2.33. The highest BCUT2D eigenvalue weighted by Crippen LogP contribution is 2.40. The maximum Gasteiger partial charge on any atom is 0.273 e. The lowest BCUT2D eigenvalue weighted by Crippen LogP contribution is -2.40. The summed E-state index contributed by atoms with van der Waals surface area (Å²) in [6.07, 6.45) is 4.09. The summed E-state index contributed by atoms with van der Waals surface area (Å²) in [4.78, 5) is 14.8. The Hall–Kier alpha value is -2.15. The molecule has 2 aliphatic rings. The van der Waals surface area contributed by atoms with Gasteiger partial charge in [0.2, 0.25) is 0 Å². The standard InChI is InChI=1S/C17H23N5O2/c1-11-8-22(9-13-5-6-18-21(13)2)10-15(11)19-17(23)14-7-16(24-20-14)12-3-4-12/h5-7,11-12,15H,3-4,8-10H2,1-2H3,(H,19,23)/t11-,15+/m1/s1. The van der Waals surface area contributed by atoms with Gasteiger partial charge in [-0.2, -0.15) is 5.10 Å². The molecule has 7 heteroatoms. The Kier molecular flexibility index (Phi) is 3.88. The van der Waals surface area contributed by atoms with Gasteiger partial charge in [0, 0.05) is 50.9 Å². The third-order valence-corrected chi connectivity index (χ3v) is 5.05. The number of nitrogens with zero attached hydrogens (tertiary/aromatic N) is 4. The van der Waals surface area contributed by atoms with Gasteiger partial charge < -0.3 is 9.84 Å². The molecule has 4 rings (SSSR count). The summed E-state index contributed by atoms with van der Waals surface area (Å²) in [7, 11) is 1.95. The molecule has 0 aromatic carbocycles. The third-order valence-electron chi connectivity index (χ3n) is 5.05. The van der Waals surface area contributed by atoms with Gasteiger partial charge in [0.15, 0.2) is 5.69 Å². The lowest BCUT2D eigenvalue weighted by molar-refractivity contribution is 0.0922. The average molecular weight is 329 g/mol. The van der Waals surface area contributed by atoms with Gasteiger partial charge in [0.05, 0.1) is 5.69 Å². The minimum Gasteiger partial charge on any atom is -0.360 e. The molecule has 1 aliphatic heterocycles. The second-order valence-corrected chi connectivity index (χ2v) is 7.09. The molecule has 0 unspecified atom stereocenters. The molecule has 0 spiro atoms. The molecule has 1 aliphatic carbocycles. The lowest BCUT2D eigenvalue weighted by Gasteiger charge is -2.16. The number of aryl methyl sites for hydroxylation is 1. The first-order valence-corrected chi connectivity index (χ1v) is 8.57.